The van der Waals surface area contributed by atoms with Crippen molar-refractivity contribution in [3.8, 4) is 11.1 Å². The van der Waals surface area contributed by atoms with Crippen molar-refractivity contribution in [1.29, 1.82) is 0 Å². The van der Waals surface area contributed by atoms with Gasteiger partial charge in [-0.15, -0.1) is 16.9 Å². The van der Waals surface area contributed by atoms with Crippen LogP contribution in [0.2, 0.25) is 0 Å². The highest BCUT2D eigenvalue weighted by Crippen LogP contribution is 2.25. The first-order chi connectivity index (χ1) is 13.4. The molecule has 1 aliphatic heterocycles. The number of anilines is 1. The van der Waals surface area contributed by atoms with E-state index < -0.39 is 17.7 Å². The number of aromatic nitrogens is 3. The summed E-state index contributed by atoms with van der Waals surface area (Å²) in [6, 6.07) is 5.82. The second-order valence-electron chi connectivity index (χ2n) is 6.27. The molecule has 3 heterocycles. The van der Waals surface area contributed by atoms with E-state index in [1.54, 1.807) is 12.1 Å². The fourth-order valence-corrected chi connectivity index (χ4v) is 4.20. The van der Waals surface area contributed by atoms with E-state index in [2.05, 4.69) is 15.4 Å². The van der Waals surface area contributed by atoms with Gasteiger partial charge in [0.2, 0.25) is 17.8 Å². The van der Waals surface area contributed by atoms with Crippen LogP contribution >= 0.6 is 11.8 Å². The lowest BCUT2D eigenvalue weighted by Gasteiger charge is -2.20. The number of carbonyl (C=O) groups excluding carboxylic acids is 2. The fraction of sp³-hybridized carbons (Fsp3) is 0.222. The molecular weight excluding hydrogens is 388 g/mol. The molecule has 1 saturated heterocycles. The van der Waals surface area contributed by atoms with Gasteiger partial charge in [-0.25, -0.2) is 13.3 Å². The van der Waals surface area contributed by atoms with E-state index in [1.165, 1.54) is 34.3 Å². The summed E-state index contributed by atoms with van der Waals surface area (Å²) in [7, 11) is 0. The van der Waals surface area contributed by atoms with Crippen LogP contribution in [0.1, 0.15) is 6.92 Å². The first-order valence-corrected chi connectivity index (χ1v) is 9.55. The van der Waals surface area contributed by atoms with Crippen LogP contribution in [-0.4, -0.2) is 49.0 Å². The average Bonchev–Trinajstić information content (AvgIpc) is 3.29. The van der Waals surface area contributed by atoms with Crippen molar-refractivity contribution >= 4 is 35.2 Å². The second kappa shape index (κ2) is 7.19. The zero-order valence-corrected chi connectivity index (χ0v) is 15.5. The molecule has 0 aliphatic carbocycles. The third-order valence-corrected chi connectivity index (χ3v) is 5.41. The van der Waals surface area contributed by atoms with Crippen LogP contribution in [0.4, 0.5) is 14.7 Å². The highest BCUT2D eigenvalue weighted by atomic mass is 32.2. The molecule has 7 nitrogen and oxygen atoms in total. The standard InChI is InChI=1S/C18H15F2N5O2S/c1-10(26)24-9-28-8-15(24)17(27)22-18-21-16-5-2-11(7-25(16)23-18)13-6-12(19)3-4-14(13)20/h2-7,15H,8-9H2,1H3,(H,22,23,27)/t15-/m1/s1. The maximum absolute atomic E-state index is 14.0. The molecule has 0 radical (unpaired) electrons. The number of nitrogens with zero attached hydrogens (tertiary/aromatic N) is 4. The SMILES string of the molecule is CC(=O)N1CSC[C@@H]1C(=O)Nc1nc2ccc(-c3cc(F)ccc3F)cn2n1. The minimum atomic E-state index is -0.578. The molecule has 144 valence electrons. The number of fused-ring (bicyclic) bond motifs is 1. The van der Waals surface area contributed by atoms with Gasteiger partial charge in [0.25, 0.3) is 0 Å². The van der Waals surface area contributed by atoms with E-state index in [0.717, 1.165) is 18.2 Å². The molecular formula is C18H15F2N5O2S. The van der Waals surface area contributed by atoms with Crippen molar-refractivity contribution in [2.75, 3.05) is 16.9 Å². The van der Waals surface area contributed by atoms with Crippen molar-refractivity contribution in [2.45, 2.75) is 13.0 Å². The van der Waals surface area contributed by atoms with Gasteiger partial charge in [-0.2, -0.15) is 4.98 Å². The van der Waals surface area contributed by atoms with Crippen molar-refractivity contribution in [1.82, 2.24) is 19.5 Å². The molecule has 10 heteroatoms. The Kier molecular flexibility index (Phi) is 4.71. The monoisotopic (exact) mass is 403 g/mol. The van der Waals surface area contributed by atoms with Crippen LogP contribution in [0.5, 0.6) is 0 Å². The number of thioether (sulfide) groups is 1. The molecule has 0 unspecified atom stereocenters. The number of pyridine rings is 1. The zero-order valence-electron chi connectivity index (χ0n) is 14.7. The summed E-state index contributed by atoms with van der Waals surface area (Å²) in [5.74, 6) is -0.606. The maximum atomic E-state index is 14.0. The Morgan fingerprint density at radius 2 is 2.07 bits per heavy atom. The Hall–Kier alpha value is -3.01. The van der Waals surface area contributed by atoms with Gasteiger partial charge < -0.3 is 4.90 Å². The number of rotatable bonds is 3. The van der Waals surface area contributed by atoms with Crippen LogP contribution in [0.3, 0.4) is 0 Å². The molecule has 0 saturated carbocycles. The predicted octanol–water partition coefficient (Wildman–Crippen LogP) is 2.53. The molecule has 0 spiro atoms. The summed E-state index contributed by atoms with van der Waals surface area (Å²) < 4.78 is 28.8. The lowest BCUT2D eigenvalue weighted by Crippen LogP contribution is -2.43. The Morgan fingerprint density at radius 3 is 2.86 bits per heavy atom. The quantitative estimate of drug-likeness (QED) is 0.727. The zero-order chi connectivity index (χ0) is 19.8. The molecule has 3 aromatic rings. The molecule has 1 aliphatic rings. The Bertz CT molecular complexity index is 1090. The summed E-state index contributed by atoms with van der Waals surface area (Å²) >= 11 is 1.50. The second-order valence-corrected chi connectivity index (χ2v) is 7.27. The van der Waals surface area contributed by atoms with E-state index in [1.807, 2.05) is 0 Å². The van der Waals surface area contributed by atoms with Crippen molar-refractivity contribution in [2.24, 2.45) is 0 Å². The van der Waals surface area contributed by atoms with Gasteiger partial charge >= 0.3 is 0 Å². The topological polar surface area (TPSA) is 79.6 Å². The van der Waals surface area contributed by atoms with Gasteiger partial charge in [0.1, 0.15) is 17.7 Å². The smallest absolute Gasteiger partial charge is 0.250 e. The third-order valence-electron chi connectivity index (χ3n) is 4.39. The first kappa shape index (κ1) is 18.4. The lowest BCUT2D eigenvalue weighted by molar-refractivity contribution is -0.134. The Balaban J connectivity index is 1.59. The summed E-state index contributed by atoms with van der Waals surface area (Å²) in [5.41, 5.74) is 0.949. The molecule has 0 bridgehead atoms. The molecule has 4 rings (SSSR count). The average molecular weight is 403 g/mol. The van der Waals surface area contributed by atoms with E-state index in [0.29, 0.717) is 22.8 Å². The van der Waals surface area contributed by atoms with Gasteiger partial charge in [0.05, 0.1) is 5.88 Å². The van der Waals surface area contributed by atoms with Crippen molar-refractivity contribution in [3.05, 3.63) is 48.2 Å². The van der Waals surface area contributed by atoms with Crippen LogP contribution in [-0.2, 0) is 9.59 Å². The molecule has 2 amide bonds. The molecule has 1 fully saturated rings. The normalized spacial score (nSPS) is 16.5. The highest BCUT2D eigenvalue weighted by molar-refractivity contribution is 7.99. The Morgan fingerprint density at radius 1 is 1.25 bits per heavy atom. The lowest BCUT2D eigenvalue weighted by atomic mass is 10.1. The van der Waals surface area contributed by atoms with Gasteiger partial charge in [-0.3, -0.25) is 14.9 Å². The predicted molar refractivity (Wildman–Crippen MR) is 101 cm³/mol. The Labute approximate surface area is 162 Å². The number of hydrogen-bond acceptors (Lipinski definition) is 5. The van der Waals surface area contributed by atoms with Crippen LogP contribution in [0.25, 0.3) is 16.8 Å². The van der Waals surface area contributed by atoms with Crippen LogP contribution in [0.15, 0.2) is 36.5 Å². The molecule has 1 N–H and O–H groups in total. The first-order valence-electron chi connectivity index (χ1n) is 8.40. The van der Waals surface area contributed by atoms with E-state index in [4.69, 9.17) is 0 Å². The largest absolute Gasteiger partial charge is 0.321 e. The van der Waals surface area contributed by atoms with Gasteiger partial charge in [-0.05, 0) is 30.3 Å². The van der Waals surface area contributed by atoms with Crippen molar-refractivity contribution < 1.29 is 18.4 Å². The molecule has 1 atom stereocenters. The van der Waals surface area contributed by atoms with Gasteiger partial charge in [-0.1, -0.05) is 0 Å². The number of benzene rings is 1. The number of halogens is 2. The van der Waals surface area contributed by atoms with E-state index in [-0.39, 0.29) is 23.3 Å². The fourth-order valence-electron chi connectivity index (χ4n) is 2.98. The van der Waals surface area contributed by atoms with Crippen LogP contribution < -0.4 is 5.32 Å². The van der Waals surface area contributed by atoms with E-state index >= 15 is 0 Å². The number of nitrogens with one attached hydrogen (secondary N) is 1. The molecule has 1 aromatic carbocycles. The third kappa shape index (κ3) is 3.42. The minimum Gasteiger partial charge on any atom is -0.321 e. The van der Waals surface area contributed by atoms with Crippen LogP contribution in [0, 0.1) is 11.6 Å². The molecule has 2 aromatic heterocycles. The summed E-state index contributed by atoms with van der Waals surface area (Å²) in [5, 5.41) is 6.79. The summed E-state index contributed by atoms with van der Waals surface area (Å²) in [4.78, 5) is 29.8. The summed E-state index contributed by atoms with van der Waals surface area (Å²) in [6.45, 7) is 1.42. The van der Waals surface area contributed by atoms with Gasteiger partial charge in [0, 0.05) is 30.0 Å². The minimum absolute atomic E-state index is 0.0715. The van der Waals surface area contributed by atoms with Gasteiger partial charge in [0.15, 0.2) is 5.65 Å². The highest BCUT2D eigenvalue weighted by Gasteiger charge is 2.33. The molecule has 28 heavy (non-hydrogen) atoms. The van der Waals surface area contributed by atoms with E-state index in [9.17, 15) is 18.4 Å². The van der Waals surface area contributed by atoms with Crippen molar-refractivity contribution in [3.63, 3.8) is 0 Å². The number of amides is 2. The number of carbonyl (C=O) groups is 2. The summed E-state index contributed by atoms with van der Waals surface area (Å²) in [6.07, 6.45) is 1.50. The number of hydrogen-bond donors (Lipinski definition) is 1. The maximum Gasteiger partial charge on any atom is 0.250 e.